The summed E-state index contributed by atoms with van der Waals surface area (Å²) in [7, 11) is -2.04. The maximum atomic E-state index is 13.7. The molecule has 0 saturated heterocycles. The van der Waals surface area contributed by atoms with Gasteiger partial charge >= 0.3 is 11.4 Å². The molecule has 5 rings (SSSR count). The fourth-order valence-corrected chi connectivity index (χ4v) is 6.50. The Morgan fingerprint density at radius 2 is 1.90 bits per heavy atom. The van der Waals surface area contributed by atoms with Crippen molar-refractivity contribution in [3.63, 3.8) is 0 Å². The van der Waals surface area contributed by atoms with Gasteiger partial charge in [0.25, 0.3) is 5.56 Å². The first-order chi connectivity index (χ1) is 18.2. The van der Waals surface area contributed by atoms with Gasteiger partial charge in [-0.3, -0.25) is 4.79 Å². The first-order valence-electron chi connectivity index (χ1n) is 13.2. The van der Waals surface area contributed by atoms with Crippen molar-refractivity contribution in [2.24, 2.45) is 0 Å². The number of pyridine rings is 2. The smallest absolute Gasteiger partial charge is 0.405 e. The predicted molar refractivity (Wildman–Crippen MR) is 152 cm³/mol. The Hall–Kier alpha value is -3.17. The minimum Gasteiger partial charge on any atom is -0.543 e. The van der Waals surface area contributed by atoms with E-state index in [0.29, 0.717) is 23.5 Å². The highest BCUT2D eigenvalue weighted by Gasteiger charge is 2.50. The van der Waals surface area contributed by atoms with E-state index in [-0.39, 0.29) is 29.2 Å². The number of hydrogen-bond donors (Lipinski definition) is 0. The number of fused-ring (bicyclic) bond motifs is 5. The average Bonchev–Trinajstić information content (AvgIpc) is 3.22. The fourth-order valence-electron chi connectivity index (χ4n) is 5.35. The van der Waals surface area contributed by atoms with Crippen LogP contribution in [0, 0.1) is 0 Å². The highest BCUT2D eigenvalue weighted by molar-refractivity contribution is 6.74. The van der Waals surface area contributed by atoms with Crippen LogP contribution in [0.4, 0.5) is 4.79 Å². The van der Waals surface area contributed by atoms with Crippen LogP contribution in [0.2, 0.25) is 18.1 Å². The van der Waals surface area contributed by atoms with E-state index in [9.17, 15) is 14.4 Å². The largest absolute Gasteiger partial charge is 0.543 e. The lowest BCUT2D eigenvalue weighted by Gasteiger charge is -2.36. The number of aromatic nitrogens is 2. The Labute approximate surface area is 233 Å². The number of carbonyl (C=O) groups is 2. The number of benzene rings is 1. The van der Waals surface area contributed by atoms with E-state index in [1.54, 1.807) is 17.6 Å². The predicted octanol–water partition coefficient (Wildman–Crippen LogP) is 6.41. The van der Waals surface area contributed by atoms with Crippen molar-refractivity contribution in [3.8, 4) is 17.1 Å². The Morgan fingerprint density at radius 1 is 1.18 bits per heavy atom. The quantitative estimate of drug-likeness (QED) is 0.156. The first-order valence-corrected chi connectivity index (χ1v) is 16.5. The molecule has 2 aliphatic rings. The number of cyclic esters (lactones) is 1. The molecule has 39 heavy (non-hydrogen) atoms. The number of esters is 1. The van der Waals surface area contributed by atoms with Crippen molar-refractivity contribution in [2.45, 2.75) is 84.3 Å². The third kappa shape index (κ3) is 4.17. The number of halogens is 1. The van der Waals surface area contributed by atoms with Gasteiger partial charge in [-0.25, -0.2) is 14.6 Å². The second-order valence-electron chi connectivity index (χ2n) is 11.7. The molecule has 3 aromatic rings. The van der Waals surface area contributed by atoms with Crippen LogP contribution in [0.5, 0.6) is 5.75 Å². The van der Waals surface area contributed by atoms with Crippen LogP contribution in [0.3, 0.4) is 0 Å². The molecule has 0 aliphatic carbocycles. The van der Waals surface area contributed by atoms with E-state index in [4.69, 9.17) is 30.5 Å². The zero-order chi connectivity index (χ0) is 28.5. The number of aryl methyl sites for hydroxylation is 1. The minimum absolute atomic E-state index is 0.0598. The lowest BCUT2D eigenvalue weighted by Crippen LogP contribution is -2.46. The molecule has 4 heterocycles. The summed E-state index contributed by atoms with van der Waals surface area (Å²) in [4.78, 5) is 43.4. The van der Waals surface area contributed by atoms with Gasteiger partial charge < -0.3 is 18.5 Å². The maximum absolute atomic E-state index is 13.7. The van der Waals surface area contributed by atoms with Crippen molar-refractivity contribution >= 4 is 42.2 Å². The van der Waals surface area contributed by atoms with Crippen LogP contribution in [-0.2, 0) is 39.4 Å². The standard InChI is InChI=1S/C29H33ClN2O6Si/c1-8-17-18-12-16(38-39(6,7)28(3,4)5)10-11-22(18)31-24-19(17)14-32-23(24)13-21-20(25(32)33)15-36-26(34)29(21,9-2)37-27(30)35/h10-13H,8-9,14-15H2,1-7H3/t29-/m0/s1. The Kier molecular flexibility index (Phi) is 6.46. The topological polar surface area (TPSA) is 96.7 Å². The number of ether oxygens (including phenoxy) is 2. The normalized spacial score (nSPS) is 18.3. The van der Waals surface area contributed by atoms with Gasteiger partial charge in [0.2, 0.25) is 13.9 Å². The molecule has 0 saturated carbocycles. The molecule has 2 aromatic heterocycles. The lowest BCUT2D eigenvalue weighted by atomic mass is 9.85. The Balaban J connectivity index is 1.70. The van der Waals surface area contributed by atoms with Gasteiger partial charge in [0, 0.05) is 28.1 Å². The van der Waals surface area contributed by atoms with Gasteiger partial charge in [0.05, 0.1) is 29.0 Å². The molecule has 0 bridgehead atoms. The first kappa shape index (κ1) is 27.4. The minimum atomic E-state index is -2.04. The third-order valence-corrected chi connectivity index (χ3v) is 13.0. The molecule has 0 fully saturated rings. The second kappa shape index (κ2) is 9.20. The Bertz CT molecular complexity index is 1610. The summed E-state index contributed by atoms with van der Waals surface area (Å²) in [5.41, 5.74) is 1.44. The van der Waals surface area contributed by atoms with Crippen LogP contribution in [0.1, 0.15) is 63.3 Å². The number of carbonyl (C=O) groups excluding carboxylic acids is 2. The molecule has 206 valence electrons. The molecule has 0 amide bonds. The molecule has 0 radical (unpaired) electrons. The van der Waals surface area contributed by atoms with Gasteiger partial charge in [0.1, 0.15) is 12.4 Å². The van der Waals surface area contributed by atoms with Crippen LogP contribution >= 0.6 is 11.6 Å². The molecule has 0 unspecified atom stereocenters. The monoisotopic (exact) mass is 568 g/mol. The fraction of sp³-hybridized carbons (Fsp3) is 0.448. The maximum Gasteiger partial charge on any atom is 0.405 e. The number of nitrogens with zero attached hydrogens (tertiary/aromatic N) is 2. The lowest BCUT2D eigenvalue weighted by molar-refractivity contribution is -0.171. The van der Waals surface area contributed by atoms with E-state index >= 15 is 0 Å². The van der Waals surface area contributed by atoms with Gasteiger partial charge in [-0.05, 0) is 60.8 Å². The number of hydrogen-bond acceptors (Lipinski definition) is 7. The van der Waals surface area contributed by atoms with Crippen molar-refractivity contribution in [3.05, 3.63) is 56.9 Å². The molecular weight excluding hydrogens is 536 g/mol. The third-order valence-electron chi connectivity index (χ3n) is 8.53. The molecule has 0 spiro atoms. The highest BCUT2D eigenvalue weighted by Crippen LogP contribution is 2.43. The number of rotatable bonds is 5. The molecule has 8 nitrogen and oxygen atoms in total. The van der Waals surface area contributed by atoms with E-state index in [0.717, 1.165) is 34.2 Å². The summed E-state index contributed by atoms with van der Waals surface area (Å²) in [6.07, 6.45) is 0.799. The van der Waals surface area contributed by atoms with Crippen molar-refractivity contribution < 1.29 is 23.5 Å². The van der Waals surface area contributed by atoms with Gasteiger partial charge in [-0.1, -0.05) is 34.6 Å². The molecule has 10 heteroatoms. The van der Waals surface area contributed by atoms with Crippen molar-refractivity contribution in [1.29, 1.82) is 0 Å². The molecule has 2 aliphatic heterocycles. The van der Waals surface area contributed by atoms with Gasteiger partial charge in [-0.2, -0.15) is 0 Å². The molecule has 0 N–H and O–H groups in total. The zero-order valence-corrected chi connectivity index (χ0v) is 25.1. The Morgan fingerprint density at radius 3 is 2.51 bits per heavy atom. The van der Waals surface area contributed by atoms with Gasteiger partial charge in [0.15, 0.2) is 0 Å². The van der Waals surface area contributed by atoms with Crippen molar-refractivity contribution in [1.82, 2.24) is 9.55 Å². The summed E-state index contributed by atoms with van der Waals surface area (Å²) >= 11 is 5.56. The highest BCUT2D eigenvalue weighted by atomic mass is 35.5. The van der Waals surface area contributed by atoms with E-state index in [2.05, 4.69) is 46.9 Å². The summed E-state index contributed by atoms with van der Waals surface area (Å²) in [5, 5.41) is 1.06. The summed E-state index contributed by atoms with van der Waals surface area (Å²) in [6, 6.07) is 7.71. The van der Waals surface area contributed by atoms with Crippen LogP contribution in [0.25, 0.3) is 22.3 Å². The van der Waals surface area contributed by atoms with Crippen LogP contribution in [-0.4, -0.2) is 29.3 Å². The van der Waals surface area contributed by atoms with Crippen molar-refractivity contribution in [2.75, 3.05) is 0 Å². The SMILES string of the molecule is CCc1c2c(nc3ccc(O[Si](C)(C)C(C)(C)C)cc13)-c1cc3c(c(=O)n1C2)COC(=O)[C@@]3(CC)OC(=O)Cl. The summed E-state index contributed by atoms with van der Waals surface area (Å²) in [5.74, 6) is 0.0732. The van der Waals surface area contributed by atoms with Crippen LogP contribution in [0.15, 0.2) is 29.1 Å². The van der Waals surface area contributed by atoms with Gasteiger partial charge in [-0.15, -0.1) is 0 Å². The van der Waals surface area contributed by atoms with E-state index in [1.165, 1.54) is 0 Å². The zero-order valence-electron chi connectivity index (χ0n) is 23.4. The molecule has 1 aromatic carbocycles. The van der Waals surface area contributed by atoms with E-state index in [1.807, 2.05) is 12.1 Å². The summed E-state index contributed by atoms with van der Waals surface area (Å²) in [6.45, 7) is 15.0. The molecule has 1 atom stereocenters. The van der Waals surface area contributed by atoms with Crippen LogP contribution < -0.4 is 9.99 Å². The van der Waals surface area contributed by atoms with E-state index < -0.39 is 25.3 Å². The summed E-state index contributed by atoms with van der Waals surface area (Å²) < 4.78 is 18.9. The second-order valence-corrected chi connectivity index (χ2v) is 16.8. The molecular formula is C29H33ClN2O6Si. The average molecular weight is 569 g/mol.